The summed E-state index contributed by atoms with van der Waals surface area (Å²) in [5.41, 5.74) is 4.63. The van der Waals surface area contributed by atoms with Gasteiger partial charge in [0.2, 0.25) is 0 Å². The number of aliphatic imine (C=N–C) groups is 1. The minimum Gasteiger partial charge on any atom is -0.508 e. The third kappa shape index (κ3) is 1.99. The highest BCUT2D eigenvalue weighted by atomic mass is 16.3. The molecular formula is C18H17N3O. The fourth-order valence-corrected chi connectivity index (χ4v) is 3.09. The van der Waals surface area contributed by atoms with Crippen LogP contribution < -0.4 is 0 Å². The number of benzene rings is 1. The van der Waals surface area contributed by atoms with E-state index in [0.29, 0.717) is 5.75 Å². The lowest BCUT2D eigenvalue weighted by molar-refractivity contribution is 0.447. The number of hydrogen-bond donors (Lipinski definition) is 1. The highest BCUT2D eigenvalue weighted by molar-refractivity contribution is 6.15. The summed E-state index contributed by atoms with van der Waals surface area (Å²) in [4.78, 5) is 4.91. The van der Waals surface area contributed by atoms with E-state index in [2.05, 4.69) is 25.0 Å². The van der Waals surface area contributed by atoms with Crippen LogP contribution in [0.3, 0.4) is 0 Å². The van der Waals surface area contributed by atoms with Gasteiger partial charge in [0, 0.05) is 29.3 Å². The summed E-state index contributed by atoms with van der Waals surface area (Å²) in [5, 5.41) is 14.7. The maximum atomic E-state index is 10.2. The molecule has 0 fully saturated rings. The monoisotopic (exact) mass is 291 g/mol. The van der Waals surface area contributed by atoms with Crippen LogP contribution in [0.5, 0.6) is 5.75 Å². The van der Waals surface area contributed by atoms with Crippen molar-refractivity contribution in [3.05, 3.63) is 65.5 Å². The Morgan fingerprint density at radius 2 is 2.05 bits per heavy atom. The lowest BCUT2D eigenvalue weighted by atomic mass is 9.85. The molecule has 3 aromatic rings. The van der Waals surface area contributed by atoms with Crippen LogP contribution >= 0.6 is 0 Å². The van der Waals surface area contributed by atoms with E-state index < -0.39 is 0 Å². The highest BCUT2D eigenvalue weighted by Gasteiger charge is 2.29. The lowest BCUT2D eigenvalue weighted by Crippen LogP contribution is -2.29. The smallest absolute Gasteiger partial charge is 0.119 e. The van der Waals surface area contributed by atoms with Crippen LogP contribution in [0.1, 0.15) is 30.5 Å². The Hall–Kier alpha value is -2.62. The third-order valence-electron chi connectivity index (χ3n) is 4.09. The number of phenolic OH excluding ortho intramolecular Hbond substituents is 1. The van der Waals surface area contributed by atoms with Gasteiger partial charge in [-0.15, -0.1) is 0 Å². The normalized spacial score (nSPS) is 16.4. The third-order valence-corrected chi connectivity index (χ3v) is 4.09. The number of rotatable bonds is 1. The minimum atomic E-state index is -0.241. The SMILES string of the molecule is CC1(C)Cc2c(O)cccc2C(c2cnn3cccc3c2)=N1. The predicted molar refractivity (Wildman–Crippen MR) is 86.7 cm³/mol. The van der Waals surface area contributed by atoms with Crippen molar-refractivity contribution in [2.75, 3.05) is 0 Å². The van der Waals surface area contributed by atoms with Crippen molar-refractivity contribution in [2.45, 2.75) is 25.8 Å². The van der Waals surface area contributed by atoms with Gasteiger partial charge in [-0.2, -0.15) is 5.10 Å². The Morgan fingerprint density at radius 3 is 2.91 bits per heavy atom. The Labute approximate surface area is 128 Å². The number of fused-ring (bicyclic) bond motifs is 2. The number of hydrogen-bond acceptors (Lipinski definition) is 3. The van der Waals surface area contributed by atoms with Gasteiger partial charge in [0.25, 0.3) is 0 Å². The molecule has 0 atom stereocenters. The van der Waals surface area contributed by atoms with Crippen LogP contribution in [0.15, 0.2) is 53.8 Å². The number of aromatic hydroxyl groups is 1. The Balaban J connectivity index is 1.96. The molecule has 22 heavy (non-hydrogen) atoms. The Morgan fingerprint density at radius 1 is 1.18 bits per heavy atom. The molecule has 0 aliphatic carbocycles. The van der Waals surface area contributed by atoms with Gasteiger partial charge >= 0.3 is 0 Å². The van der Waals surface area contributed by atoms with Crippen LogP contribution in [-0.4, -0.2) is 26.0 Å². The molecule has 110 valence electrons. The van der Waals surface area contributed by atoms with Crippen LogP contribution in [0.25, 0.3) is 5.52 Å². The Bertz CT molecular complexity index is 906. The van der Waals surface area contributed by atoms with Gasteiger partial charge in [-0.1, -0.05) is 12.1 Å². The molecule has 0 saturated carbocycles. The van der Waals surface area contributed by atoms with Gasteiger partial charge in [0.15, 0.2) is 0 Å². The summed E-state index contributed by atoms with van der Waals surface area (Å²) in [6.45, 7) is 4.18. The van der Waals surface area contributed by atoms with Crippen LogP contribution in [0.4, 0.5) is 0 Å². The lowest BCUT2D eigenvalue weighted by Gasteiger charge is -2.29. The molecule has 0 unspecified atom stereocenters. The zero-order valence-corrected chi connectivity index (χ0v) is 12.6. The molecule has 1 aliphatic rings. The first kappa shape index (κ1) is 13.1. The molecule has 0 bridgehead atoms. The van der Waals surface area contributed by atoms with E-state index in [0.717, 1.165) is 34.3 Å². The Kier molecular flexibility index (Phi) is 2.64. The minimum absolute atomic E-state index is 0.241. The fourth-order valence-electron chi connectivity index (χ4n) is 3.09. The second-order valence-electron chi connectivity index (χ2n) is 6.37. The predicted octanol–water partition coefficient (Wildman–Crippen LogP) is 3.21. The molecule has 0 spiro atoms. The van der Waals surface area contributed by atoms with Crippen molar-refractivity contribution in [1.82, 2.24) is 9.61 Å². The molecule has 1 N–H and O–H groups in total. The molecular weight excluding hydrogens is 274 g/mol. The molecule has 2 aromatic heterocycles. The maximum absolute atomic E-state index is 10.2. The van der Waals surface area contributed by atoms with Gasteiger partial charge in [0.05, 0.1) is 23.0 Å². The van der Waals surface area contributed by atoms with Crippen molar-refractivity contribution in [3.63, 3.8) is 0 Å². The molecule has 1 aliphatic heterocycles. The second kappa shape index (κ2) is 4.44. The van der Waals surface area contributed by atoms with Crippen molar-refractivity contribution >= 4 is 11.2 Å². The summed E-state index contributed by atoms with van der Waals surface area (Å²) in [6, 6.07) is 11.7. The molecule has 0 saturated heterocycles. The van der Waals surface area contributed by atoms with E-state index in [-0.39, 0.29) is 5.54 Å². The molecule has 4 heteroatoms. The molecule has 1 aromatic carbocycles. The van der Waals surface area contributed by atoms with Gasteiger partial charge in [0.1, 0.15) is 5.75 Å². The first-order valence-corrected chi connectivity index (χ1v) is 7.38. The maximum Gasteiger partial charge on any atom is 0.119 e. The summed E-state index contributed by atoms with van der Waals surface area (Å²) in [7, 11) is 0. The average Bonchev–Trinajstić information content (AvgIpc) is 2.94. The summed E-state index contributed by atoms with van der Waals surface area (Å²) < 4.78 is 1.83. The first-order valence-electron chi connectivity index (χ1n) is 7.38. The largest absolute Gasteiger partial charge is 0.508 e. The number of nitrogens with zero attached hydrogens (tertiary/aromatic N) is 3. The van der Waals surface area contributed by atoms with Gasteiger partial charge in [-0.3, -0.25) is 4.99 Å². The quantitative estimate of drug-likeness (QED) is 0.748. The molecule has 0 amide bonds. The van der Waals surface area contributed by atoms with Crippen molar-refractivity contribution in [2.24, 2.45) is 4.99 Å². The van der Waals surface area contributed by atoms with E-state index in [1.807, 2.05) is 41.2 Å². The molecule has 0 radical (unpaired) electrons. The molecule has 4 nitrogen and oxygen atoms in total. The van der Waals surface area contributed by atoms with Crippen molar-refractivity contribution < 1.29 is 5.11 Å². The van der Waals surface area contributed by atoms with Crippen LogP contribution in [0.2, 0.25) is 0 Å². The standard InChI is InChI=1S/C18H17N3O/c1-18(2)10-15-14(6-3-7-16(15)22)17(20-18)12-9-13-5-4-8-21(13)19-11-12/h3-9,11,22H,10H2,1-2H3. The van der Waals surface area contributed by atoms with Crippen molar-refractivity contribution in [1.29, 1.82) is 0 Å². The first-order chi connectivity index (χ1) is 10.5. The van der Waals surface area contributed by atoms with Crippen molar-refractivity contribution in [3.8, 4) is 5.75 Å². The van der Waals surface area contributed by atoms with E-state index in [4.69, 9.17) is 4.99 Å². The topological polar surface area (TPSA) is 49.9 Å². The van der Waals surface area contributed by atoms with E-state index >= 15 is 0 Å². The zero-order valence-electron chi connectivity index (χ0n) is 12.6. The van der Waals surface area contributed by atoms with E-state index in [1.54, 1.807) is 6.07 Å². The average molecular weight is 291 g/mol. The van der Waals surface area contributed by atoms with Gasteiger partial charge < -0.3 is 5.11 Å². The fraction of sp³-hybridized carbons (Fsp3) is 0.222. The van der Waals surface area contributed by atoms with Crippen LogP contribution in [0, 0.1) is 0 Å². The van der Waals surface area contributed by atoms with Gasteiger partial charge in [-0.05, 0) is 38.1 Å². The van der Waals surface area contributed by atoms with E-state index in [1.165, 1.54) is 0 Å². The summed E-state index contributed by atoms with van der Waals surface area (Å²) in [6.07, 6.45) is 4.49. The summed E-state index contributed by atoms with van der Waals surface area (Å²) >= 11 is 0. The number of phenols is 1. The zero-order chi connectivity index (χ0) is 15.3. The molecule has 3 heterocycles. The molecule has 4 rings (SSSR count). The second-order valence-corrected chi connectivity index (χ2v) is 6.37. The number of aromatic nitrogens is 2. The van der Waals surface area contributed by atoms with E-state index in [9.17, 15) is 5.11 Å². The summed E-state index contributed by atoms with van der Waals surface area (Å²) in [5.74, 6) is 0.342. The van der Waals surface area contributed by atoms with Gasteiger partial charge in [-0.25, -0.2) is 4.52 Å². The highest BCUT2D eigenvalue weighted by Crippen LogP contribution is 2.34. The van der Waals surface area contributed by atoms with Crippen LogP contribution in [-0.2, 0) is 6.42 Å².